The molecule has 0 radical (unpaired) electrons. The Morgan fingerprint density at radius 1 is 1.13 bits per heavy atom. The molecule has 3 aromatic rings. The summed E-state index contributed by atoms with van der Waals surface area (Å²) in [6.07, 6.45) is 0. The first-order chi connectivity index (χ1) is 11.3. The Kier molecular flexibility index (Phi) is 4.98. The molecule has 1 heterocycles. The number of amides is 1. The normalized spacial score (nSPS) is 10.8. The van der Waals surface area contributed by atoms with Crippen molar-refractivity contribution < 1.29 is 9.21 Å². The first-order valence-electron chi connectivity index (χ1n) is 7.56. The summed E-state index contributed by atoms with van der Waals surface area (Å²) in [7, 11) is 0. The van der Waals surface area contributed by atoms with Crippen molar-refractivity contribution in [3.8, 4) is 0 Å². The molecule has 4 nitrogen and oxygen atoms in total. The van der Waals surface area contributed by atoms with Crippen molar-refractivity contribution in [1.82, 2.24) is 9.88 Å². The van der Waals surface area contributed by atoms with Crippen molar-refractivity contribution in [3.05, 3.63) is 60.2 Å². The van der Waals surface area contributed by atoms with Gasteiger partial charge in [0.1, 0.15) is 5.52 Å². The summed E-state index contributed by atoms with van der Waals surface area (Å²) in [5, 5.41) is 0.537. The zero-order valence-corrected chi connectivity index (χ0v) is 13.8. The molecule has 5 heteroatoms. The molecule has 0 aliphatic heterocycles. The van der Waals surface area contributed by atoms with E-state index in [1.54, 1.807) is 0 Å². The van der Waals surface area contributed by atoms with Crippen LogP contribution in [0.2, 0.25) is 0 Å². The molecule has 1 amide bonds. The van der Waals surface area contributed by atoms with Crippen LogP contribution in [0.5, 0.6) is 0 Å². The molecule has 0 unspecified atom stereocenters. The molecule has 0 N–H and O–H groups in total. The molecule has 1 aromatic heterocycles. The summed E-state index contributed by atoms with van der Waals surface area (Å²) >= 11 is 1.34. The van der Waals surface area contributed by atoms with Crippen molar-refractivity contribution in [3.63, 3.8) is 0 Å². The highest BCUT2D eigenvalue weighted by molar-refractivity contribution is 7.99. The molecule has 0 saturated carbocycles. The van der Waals surface area contributed by atoms with Crippen LogP contribution >= 0.6 is 11.8 Å². The first-order valence-corrected chi connectivity index (χ1v) is 8.55. The summed E-state index contributed by atoms with van der Waals surface area (Å²) in [5.74, 6) is 0.414. The lowest BCUT2D eigenvalue weighted by molar-refractivity contribution is -0.128. The lowest BCUT2D eigenvalue weighted by Gasteiger charge is -2.20. The van der Waals surface area contributed by atoms with E-state index in [1.165, 1.54) is 11.8 Å². The van der Waals surface area contributed by atoms with Gasteiger partial charge in [0.05, 0.1) is 5.75 Å². The van der Waals surface area contributed by atoms with Gasteiger partial charge in [0.25, 0.3) is 5.22 Å². The standard InChI is InChI=1S/C18H18N2O2S/c1-2-20(12-14-8-4-3-5-9-14)17(21)13-23-18-19-15-10-6-7-11-16(15)22-18/h3-11H,2,12-13H2,1H3. The second-order valence-corrected chi connectivity index (χ2v) is 6.06. The van der Waals surface area contributed by atoms with Crippen LogP contribution in [-0.2, 0) is 11.3 Å². The molecule has 0 fully saturated rings. The van der Waals surface area contributed by atoms with E-state index in [0.29, 0.717) is 24.1 Å². The Morgan fingerprint density at radius 3 is 2.61 bits per heavy atom. The summed E-state index contributed by atoms with van der Waals surface area (Å²) in [6, 6.07) is 17.6. The lowest BCUT2D eigenvalue weighted by Crippen LogP contribution is -2.31. The topological polar surface area (TPSA) is 46.3 Å². The van der Waals surface area contributed by atoms with Crippen molar-refractivity contribution in [1.29, 1.82) is 0 Å². The van der Waals surface area contributed by atoms with Crippen molar-refractivity contribution >= 4 is 28.8 Å². The molecule has 0 saturated heterocycles. The van der Waals surface area contributed by atoms with Gasteiger partial charge in [0.2, 0.25) is 5.91 Å². The van der Waals surface area contributed by atoms with Gasteiger partial charge in [0.15, 0.2) is 5.58 Å². The van der Waals surface area contributed by atoms with Crippen molar-refractivity contribution in [2.75, 3.05) is 12.3 Å². The van der Waals surface area contributed by atoms with Gasteiger partial charge in [-0.25, -0.2) is 4.98 Å². The molecule has 2 aromatic carbocycles. The lowest BCUT2D eigenvalue weighted by atomic mass is 10.2. The molecule has 118 valence electrons. The summed E-state index contributed by atoms with van der Waals surface area (Å²) in [4.78, 5) is 18.6. The van der Waals surface area contributed by atoms with Crippen LogP contribution in [0.1, 0.15) is 12.5 Å². The van der Waals surface area contributed by atoms with Crippen LogP contribution in [0.4, 0.5) is 0 Å². The van der Waals surface area contributed by atoms with Crippen LogP contribution < -0.4 is 0 Å². The molecule has 0 spiro atoms. The maximum Gasteiger partial charge on any atom is 0.257 e. The van der Waals surface area contributed by atoms with E-state index >= 15 is 0 Å². The number of carbonyl (C=O) groups is 1. The van der Waals surface area contributed by atoms with Crippen LogP contribution in [0.15, 0.2) is 64.2 Å². The van der Waals surface area contributed by atoms with Gasteiger partial charge in [-0.1, -0.05) is 54.2 Å². The fraction of sp³-hybridized carbons (Fsp3) is 0.222. The SMILES string of the molecule is CCN(Cc1ccccc1)C(=O)CSc1nc2ccccc2o1. The number of benzene rings is 2. The van der Waals surface area contributed by atoms with E-state index in [1.807, 2.05) is 66.4 Å². The predicted octanol–water partition coefficient (Wildman–Crippen LogP) is 3.97. The fourth-order valence-corrected chi connectivity index (χ4v) is 3.05. The third kappa shape index (κ3) is 3.93. The maximum absolute atomic E-state index is 12.4. The minimum atomic E-state index is 0.0867. The molecule has 3 rings (SSSR count). The van der Waals surface area contributed by atoms with Crippen LogP contribution in [0.3, 0.4) is 0 Å². The zero-order valence-electron chi connectivity index (χ0n) is 12.9. The number of hydrogen-bond donors (Lipinski definition) is 0. The van der Waals surface area contributed by atoms with E-state index in [2.05, 4.69) is 4.98 Å². The van der Waals surface area contributed by atoms with Crippen LogP contribution in [0, 0.1) is 0 Å². The number of carbonyl (C=O) groups excluding carboxylic acids is 1. The monoisotopic (exact) mass is 326 g/mol. The quantitative estimate of drug-likeness (QED) is 0.643. The number of oxazole rings is 1. The van der Waals surface area contributed by atoms with E-state index in [0.717, 1.165) is 16.7 Å². The highest BCUT2D eigenvalue weighted by Gasteiger charge is 2.14. The van der Waals surface area contributed by atoms with Crippen molar-refractivity contribution in [2.45, 2.75) is 18.7 Å². The highest BCUT2D eigenvalue weighted by Crippen LogP contribution is 2.23. The average molecular weight is 326 g/mol. The van der Waals surface area contributed by atoms with E-state index in [-0.39, 0.29) is 5.91 Å². The summed E-state index contributed by atoms with van der Waals surface area (Å²) in [5.41, 5.74) is 2.70. The third-order valence-electron chi connectivity index (χ3n) is 3.54. The van der Waals surface area contributed by atoms with Crippen LogP contribution in [0.25, 0.3) is 11.1 Å². The van der Waals surface area contributed by atoms with E-state index in [9.17, 15) is 4.79 Å². The van der Waals surface area contributed by atoms with E-state index < -0.39 is 0 Å². The average Bonchev–Trinajstić information content (AvgIpc) is 3.01. The second-order valence-electron chi connectivity index (χ2n) is 5.13. The third-order valence-corrected chi connectivity index (χ3v) is 4.36. The smallest absolute Gasteiger partial charge is 0.257 e. The van der Waals surface area contributed by atoms with Gasteiger partial charge in [-0.05, 0) is 24.6 Å². The zero-order chi connectivity index (χ0) is 16.1. The maximum atomic E-state index is 12.4. The Labute approximate surface area is 139 Å². The second kappa shape index (κ2) is 7.33. The molecular weight excluding hydrogens is 308 g/mol. The van der Waals surface area contributed by atoms with Crippen molar-refractivity contribution in [2.24, 2.45) is 0 Å². The van der Waals surface area contributed by atoms with Gasteiger partial charge in [-0.3, -0.25) is 4.79 Å². The summed E-state index contributed by atoms with van der Waals surface area (Å²) in [6.45, 7) is 3.30. The minimum absolute atomic E-state index is 0.0867. The number of thioether (sulfide) groups is 1. The van der Waals surface area contributed by atoms with Gasteiger partial charge in [-0.2, -0.15) is 0 Å². The van der Waals surface area contributed by atoms with Crippen LogP contribution in [-0.4, -0.2) is 28.1 Å². The number of aromatic nitrogens is 1. The van der Waals surface area contributed by atoms with Gasteiger partial charge < -0.3 is 9.32 Å². The fourth-order valence-electron chi connectivity index (χ4n) is 2.31. The molecule has 0 atom stereocenters. The molecular formula is C18H18N2O2S. The molecule has 0 aliphatic rings. The Hall–Kier alpha value is -2.27. The number of para-hydroxylation sites is 2. The number of fused-ring (bicyclic) bond motifs is 1. The van der Waals surface area contributed by atoms with E-state index in [4.69, 9.17) is 4.42 Å². The van der Waals surface area contributed by atoms with Gasteiger partial charge in [-0.15, -0.1) is 0 Å². The van der Waals surface area contributed by atoms with Gasteiger partial charge in [0, 0.05) is 13.1 Å². The molecule has 0 aliphatic carbocycles. The largest absolute Gasteiger partial charge is 0.431 e. The predicted molar refractivity (Wildman–Crippen MR) is 92.3 cm³/mol. The number of rotatable bonds is 6. The first kappa shape index (κ1) is 15.6. The Balaban J connectivity index is 1.60. The molecule has 23 heavy (non-hydrogen) atoms. The highest BCUT2D eigenvalue weighted by atomic mass is 32.2. The Morgan fingerprint density at radius 2 is 1.87 bits per heavy atom. The number of nitrogens with zero attached hydrogens (tertiary/aromatic N) is 2. The summed E-state index contributed by atoms with van der Waals surface area (Å²) < 4.78 is 5.63. The molecule has 0 bridgehead atoms. The van der Waals surface area contributed by atoms with Gasteiger partial charge >= 0.3 is 0 Å². The minimum Gasteiger partial charge on any atom is -0.431 e. The number of hydrogen-bond acceptors (Lipinski definition) is 4. The Bertz CT molecular complexity index is 753.